The van der Waals surface area contributed by atoms with E-state index in [4.69, 9.17) is 29.1 Å². The number of hydrogen-bond acceptors (Lipinski definition) is 1. The van der Waals surface area contributed by atoms with E-state index in [0.717, 1.165) is 0 Å². The van der Waals surface area contributed by atoms with Crippen molar-refractivity contribution in [1.29, 1.82) is 0 Å². The Morgan fingerprint density at radius 1 is 1.33 bits per heavy atom. The standard InChI is InChI=1S/C3H4N2.3ClH.Ru/c1-2-5-3-4-1;;;;/h1-3H,(H,4,5);3*1H;/q;;;;+3/p-3. The molecule has 0 aromatic carbocycles. The molecule has 1 rings (SSSR count). The van der Waals surface area contributed by atoms with Crippen molar-refractivity contribution in [1.82, 2.24) is 9.97 Å². The minimum absolute atomic E-state index is 1.62. The van der Waals surface area contributed by atoms with Gasteiger partial charge in [0.15, 0.2) is 0 Å². The van der Waals surface area contributed by atoms with Crippen LogP contribution in [0.15, 0.2) is 18.7 Å². The number of nitrogens with one attached hydrogen (secondary N) is 1. The summed E-state index contributed by atoms with van der Waals surface area (Å²) < 4.78 is 0. The predicted molar refractivity (Wildman–Crippen MR) is 36.1 cm³/mol. The molecule has 0 atom stereocenters. The number of aromatic amines is 1. The molecule has 0 spiro atoms. The SMILES string of the molecule is [Cl][Ru]([Cl])[Cl].c1c[nH]cn1. The maximum absolute atomic E-state index is 4.95. The summed E-state index contributed by atoms with van der Waals surface area (Å²) in [6.07, 6.45) is 5.08. The van der Waals surface area contributed by atoms with Gasteiger partial charge in [-0.25, -0.2) is 4.98 Å². The molecule has 0 fully saturated rings. The molecular formula is C3H4Cl3N2Ru. The number of aromatic nitrogens is 2. The molecule has 6 heteroatoms. The molecule has 2 nitrogen and oxygen atoms in total. The van der Waals surface area contributed by atoms with Gasteiger partial charge in [0.05, 0.1) is 6.33 Å². The van der Waals surface area contributed by atoms with Crippen LogP contribution in [-0.4, -0.2) is 9.97 Å². The van der Waals surface area contributed by atoms with Gasteiger partial charge in [-0.15, -0.1) is 0 Å². The van der Waals surface area contributed by atoms with Gasteiger partial charge in [-0.1, -0.05) is 0 Å². The molecule has 0 aliphatic rings. The molecule has 0 bridgehead atoms. The topological polar surface area (TPSA) is 28.7 Å². The third-order valence-corrected chi connectivity index (χ3v) is 0.406. The van der Waals surface area contributed by atoms with Gasteiger partial charge in [0, 0.05) is 12.4 Å². The number of hydrogen-bond donors (Lipinski definition) is 1. The quantitative estimate of drug-likeness (QED) is 0.724. The Bertz CT molecular complexity index is 101. The Hall–Kier alpha value is 0.703. The second-order valence-electron chi connectivity index (χ2n) is 0.912. The molecule has 1 aromatic rings. The van der Waals surface area contributed by atoms with Crippen molar-refractivity contribution < 1.29 is 13.0 Å². The van der Waals surface area contributed by atoms with Crippen molar-refractivity contribution in [3.05, 3.63) is 18.7 Å². The van der Waals surface area contributed by atoms with Crippen molar-refractivity contribution in [3.8, 4) is 0 Å². The number of nitrogens with zero attached hydrogens (tertiary/aromatic N) is 1. The molecule has 0 aliphatic heterocycles. The maximum Gasteiger partial charge on any atom is 0.0919 e. The van der Waals surface area contributed by atoms with E-state index >= 15 is 0 Å². The first-order valence-electron chi connectivity index (χ1n) is 1.83. The number of H-pyrrole nitrogens is 1. The molecule has 0 saturated carbocycles. The summed E-state index contributed by atoms with van der Waals surface area (Å²) in [5.74, 6) is 0. The largest absolute Gasteiger partial charge is 0.351 e. The summed E-state index contributed by atoms with van der Waals surface area (Å²) in [6.45, 7) is 0. The van der Waals surface area contributed by atoms with Crippen LogP contribution < -0.4 is 0 Å². The summed E-state index contributed by atoms with van der Waals surface area (Å²) in [4.78, 5) is 6.42. The Morgan fingerprint density at radius 2 is 1.89 bits per heavy atom. The maximum atomic E-state index is 4.95. The second-order valence-corrected chi connectivity index (χ2v) is 8.83. The summed E-state index contributed by atoms with van der Waals surface area (Å²) in [5, 5.41) is 0. The van der Waals surface area contributed by atoms with Crippen molar-refractivity contribution in [2.75, 3.05) is 0 Å². The van der Waals surface area contributed by atoms with Crippen molar-refractivity contribution >= 4 is 29.1 Å². The van der Waals surface area contributed by atoms with Crippen LogP contribution in [0.4, 0.5) is 0 Å². The number of halogens is 3. The summed E-state index contributed by atoms with van der Waals surface area (Å²) in [5.41, 5.74) is 0. The zero-order valence-electron chi connectivity index (χ0n) is 4.17. The first kappa shape index (κ1) is 9.70. The van der Waals surface area contributed by atoms with E-state index in [1.54, 1.807) is 18.7 Å². The fourth-order valence-electron chi connectivity index (χ4n) is 0.215. The van der Waals surface area contributed by atoms with E-state index in [-0.39, 0.29) is 0 Å². The van der Waals surface area contributed by atoms with Gasteiger partial charge in [0.1, 0.15) is 0 Å². The first-order chi connectivity index (χ1) is 4.23. The van der Waals surface area contributed by atoms with E-state index in [9.17, 15) is 0 Å². The smallest absolute Gasteiger partial charge is 0.0919 e. The number of rotatable bonds is 0. The Kier molecular flexibility index (Phi) is 7.35. The Morgan fingerprint density at radius 3 is 2.00 bits per heavy atom. The minimum Gasteiger partial charge on any atom is -0.351 e. The molecule has 0 aliphatic carbocycles. The molecule has 1 aromatic heterocycles. The monoisotopic (exact) mass is 275 g/mol. The average Bonchev–Trinajstić information content (AvgIpc) is 2.11. The van der Waals surface area contributed by atoms with E-state index in [1.807, 2.05) is 0 Å². The van der Waals surface area contributed by atoms with E-state index in [1.165, 1.54) is 0 Å². The van der Waals surface area contributed by atoms with E-state index in [0.29, 0.717) is 0 Å². The van der Waals surface area contributed by atoms with Crippen LogP contribution in [0.3, 0.4) is 0 Å². The Balaban J connectivity index is 0.000000148. The third kappa shape index (κ3) is 12.0. The predicted octanol–water partition coefficient (Wildman–Crippen LogP) is 2.48. The summed E-state index contributed by atoms with van der Waals surface area (Å²) in [6, 6.07) is 0. The fraction of sp³-hybridized carbons (Fsp3) is 0. The zero-order valence-corrected chi connectivity index (χ0v) is 8.17. The van der Waals surface area contributed by atoms with Crippen LogP contribution in [0, 0.1) is 0 Å². The average molecular weight is 276 g/mol. The van der Waals surface area contributed by atoms with Gasteiger partial charge in [-0.2, -0.15) is 0 Å². The van der Waals surface area contributed by atoms with Crippen LogP contribution in [0.25, 0.3) is 0 Å². The van der Waals surface area contributed by atoms with Gasteiger partial charge in [-0.3, -0.25) is 0 Å². The molecular weight excluding hydrogens is 271 g/mol. The first-order valence-corrected chi connectivity index (χ1v) is 8.54. The van der Waals surface area contributed by atoms with Gasteiger partial charge < -0.3 is 4.98 Å². The zero-order chi connectivity index (χ0) is 7.11. The van der Waals surface area contributed by atoms with Gasteiger partial charge in [0.2, 0.25) is 0 Å². The normalized spacial score (nSPS) is 9.44. The van der Waals surface area contributed by atoms with Gasteiger partial charge in [0.25, 0.3) is 0 Å². The molecule has 0 radical (unpaired) electrons. The molecule has 55 valence electrons. The van der Waals surface area contributed by atoms with Gasteiger partial charge >= 0.3 is 42.1 Å². The Labute approximate surface area is 70.6 Å². The van der Waals surface area contributed by atoms with E-state index < -0.39 is 13.0 Å². The van der Waals surface area contributed by atoms with Gasteiger partial charge in [-0.05, 0) is 0 Å². The van der Waals surface area contributed by atoms with Crippen molar-refractivity contribution in [3.63, 3.8) is 0 Å². The van der Waals surface area contributed by atoms with Crippen molar-refractivity contribution in [2.24, 2.45) is 0 Å². The van der Waals surface area contributed by atoms with Crippen LogP contribution >= 0.6 is 29.1 Å². The summed E-state index contributed by atoms with van der Waals surface area (Å²) >= 11 is -1.75. The van der Waals surface area contributed by atoms with Crippen LogP contribution in [-0.2, 0) is 13.0 Å². The van der Waals surface area contributed by atoms with Crippen LogP contribution in [0.1, 0.15) is 0 Å². The molecule has 1 N–H and O–H groups in total. The molecule has 0 unspecified atom stereocenters. The second kappa shape index (κ2) is 6.82. The molecule has 0 saturated heterocycles. The minimum atomic E-state index is -1.75. The molecule has 9 heavy (non-hydrogen) atoms. The molecule has 1 heterocycles. The number of imidazole rings is 1. The van der Waals surface area contributed by atoms with Crippen LogP contribution in [0.2, 0.25) is 0 Å². The van der Waals surface area contributed by atoms with Crippen molar-refractivity contribution in [2.45, 2.75) is 0 Å². The third-order valence-electron chi connectivity index (χ3n) is 0.406. The van der Waals surface area contributed by atoms with Crippen LogP contribution in [0.5, 0.6) is 0 Å². The van der Waals surface area contributed by atoms with E-state index in [2.05, 4.69) is 9.97 Å². The molecule has 0 amide bonds. The fourth-order valence-corrected chi connectivity index (χ4v) is 0.215. The summed E-state index contributed by atoms with van der Waals surface area (Å²) in [7, 11) is 14.8.